The van der Waals surface area contributed by atoms with E-state index < -0.39 is 0 Å². The van der Waals surface area contributed by atoms with Crippen LogP contribution in [0.5, 0.6) is 5.75 Å². The Morgan fingerprint density at radius 2 is 1.20 bits per heavy atom. The molecule has 0 N–H and O–H groups in total. The number of carbonyl (C=O) groups excluding carboxylic acids is 2. The fourth-order valence-electron chi connectivity index (χ4n) is 6.20. The molecule has 10 heteroatoms. The van der Waals surface area contributed by atoms with E-state index in [0.717, 1.165) is 73.8 Å². The summed E-state index contributed by atoms with van der Waals surface area (Å²) in [6.07, 6.45) is 5.77. The van der Waals surface area contributed by atoms with Crippen LogP contribution in [0.1, 0.15) is 66.2 Å². The van der Waals surface area contributed by atoms with Crippen LogP contribution >= 0.6 is 35.0 Å². The number of carbonyl (C=O) groups is 2. The van der Waals surface area contributed by atoms with Gasteiger partial charge in [-0.1, -0.05) is 57.0 Å². The Labute approximate surface area is 291 Å². The second-order valence-electron chi connectivity index (χ2n) is 11.9. The fourth-order valence-corrected chi connectivity index (χ4v) is 7.48. The van der Waals surface area contributed by atoms with Gasteiger partial charge in [-0.05, 0) is 68.1 Å². The number of thioether (sulfide) groups is 1. The second-order valence-corrected chi connectivity index (χ2v) is 13.9. The summed E-state index contributed by atoms with van der Waals surface area (Å²) in [6, 6.07) is 16.3. The average Bonchev–Trinajstić information content (AvgIpc) is 3.07. The maximum absolute atomic E-state index is 12.3. The molecule has 0 aliphatic carbocycles. The third kappa shape index (κ3) is 12.9. The predicted octanol–water partition coefficient (Wildman–Crippen LogP) is 7.60. The first-order valence-electron chi connectivity index (χ1n) is 17.1. The maximum atomic E-state index is 12.3. The number of piperazine rings is 2. The van der Waals surface area contributed by atoms with E-state index in [4.69, 9.17) is 27.9 Å². The highest BCUT2D eigenvalue weighted by Gasteiger charge is 2.25. The highest BCUT2D eigenvalue weighted by Crippen LogP contribution is 2.23. The zero-order chi connectivity index (χ0) is 33.3. The van der Waals surface area contributed by atoms with Crippen molar-refractivity contribution in [3.8, 4) is 5.75 Å². The lowest BCUT2D eigenvalue weighted by atomic mass is 10.1. The van der Waals surface area contributed by atoms with Crippen LogP contribution < -0.4 is 4.74 Å². The molecule has 2 aliphatic rings. The maximum Gasteiger partial charge on any atom is 0.226 e. The molecule has 7 nitrogen and oxygen atoms in total. The van der Waals surface area contributed by atoms with E-state index in [1.165, 1.54) is 25.7 Å². The van der Waals surface area contributed by atoms with Crippen molar-refractivity contribution in [2.24, 2.45) is 0 Å². The topological polar surface area (TPSA) is 56.3 Å². The molecule has 2 aromatic rings. The van der Waals surface area contributed by atoms with Gasteiger partial charge in [0.1, 0.15) is 5.75 Å². The molecule has 0 saturated carbocycles. The smallest absolute Gasteiger partial charge is 0.226 e. The second kappa shape index (κ2) is 21.1. The van der Waals surface area contributed by atoms with Gasteiger partial charge in [-0.3, -0.25) is 19.4 Å². The number of hydrogen-bond acceptors (Lipinski definition) is 6. The Bertz CT molecular complexity index is 1160. The zero-order valence-corrected chi connectivity index (χ0v) is 30.6. The molecule has 256 valence electrons. The van der Waals surface area contributed by atoms with Gasteiger partial charge in [0.2, 0.25) is 11.8 Å². The molecule has 4 rings (SSSR count). The molecule has 46 heavy (non-hydrogen) atoms. The Morgan fingerprint density at radius 1 is 0.696 bits per heavy atom. The molecule has 2 amide bonds. The highest BCUT2D eigenvalue weighted by molar-refractivity contribution is 7.99. The Balaban J connectivity index is 0.000000250. The molecular formula is C36H54Cl2N4O3S. The van der Waals surface area contributed by atoms with Gasteiger partial charge in [-0.15, -0.1) is 11.8 Å². The molecule has 0 atom stereocenters. The average molecular weight is 694 g/mol. The van der Waals surface area contributed by atoms with E-state index in [0.29, 0.717) is 36.6 Å². The van der Waals surface area contributed by atoms with Crippen molar-refractivity contribution in [1.29, 1.82) is 0 Å². The SMILES string of the molecule is CCC(CC)N1CCN(C(=O)CCOc2ccc(Cl)cc2)CC1.CCC(CC)N1CCN(C(=O)CCSc2cccc(Cl)c2)CC1. The molecule has 0 bridgehead atoms. The van der Waals surface area contributed by atoms with Crippen molar-refractivity contribution >= 4 is 46.8 Å². The number of hydrogen-bond donors (Lipinski definition) is 0. The number of ether oxygens (including phenoxy) is 1. The van der Waals surface area contributed by atoms with E-state index in [1.54, 1.807) is 23.9 Å². The lowest BCUT2D eigenvalue weighted by Gasteiger charge is -2.38. The third-order valence-corrected chi connectivity index (χ3v) is 10.5. The van der Waals surface area contributed by atoms with E-state index in [2.05, 4.69) is 37.5 Å². The van der Waals surface area contributed by atoms with E-state index >= 15 is 0 Å². The quantitative estimate of drug-likeness (QED) is 0.190. The zero-order valence-electron chi connectivity index (χ0n) is 28.3. The van der Waals surface area contributed by atoms with Crippen molar-refractivity contribution < 1.29 is 14.3 Å². The highest BCUT2D eigenvalue weighted by atomic mass is 35.5. The lowest BCUT2D eigenvalue weighted by Crippen LogP contribution is -2.51. The van der Waals surface area contributed by atoms with Crippen LogP contribution in [0.25, 0.3) is 0 Å². The van der Waals surface area contributed by atoms with Gasteiger partial charge in [-0.2, -0.15) is 0 Å². The van der Waals surface area contributed by atoms with Crippen molar-refractivity contribution in [3.63, 3.8) is 0 Å². The molecule has 0 unspecified atom stereocenters. The van der Waals surface area contributed by atoms with Gasteiger partial charge in [-0.25, -0.2) is 0 Å². The van der Waals surface area contributed by atoms with Crippen molar-refractivity contribution in [1.82, 2.24) is 19.6 Å². The molecule has 2 saturated heterocycles. The summed E-state index contributed by atoms with van der Waals surface area (Å²) in [5, 5.41) is 1.43. The fraction of sp³-hybridized carbons (Fsp3) is 0.611. The minimum absolute atomic E-state index is 0.183. The van der Waals surface area contributed by atoms with Gasteiger partial charge in [0.05, 0.1) is 13.0 Å². The van der Waals surface area contributed by atoms with Crippen LogP contribution in [0.2, 0.25) is 10.0 Å². The summed E-state index contributed by atoms with van der Waals surface area (Å²) in [5.74, 6) is 2.03. The first-order valence-corrected chi connectivity index (χ1v) is 18.8. The Hall–Kier alpha value is -1.97. The first kappa shape index (κ1) is 38.5. The van der Waals surface area contributed by atoms with E-state index in [1.807, 2.05) is 46.2 Å². The summed E-state index contributed by atoms with van der Waals surface area (Å²) < 4.78 is 5.60. The van der Waals surface area contributed by atoms with Crippen molar-refractivity contribution in [2.75, 3.05) is 64.7 Å². The molecule has 2 fully saturated rings. The predicted molar refractivity (Wildman–Crippen MR) is 193 cm³/mol. The number of nitrogens with zero attached hydrogens (tertiary/aromatic N) is 4. The van der Waals surface area contributed by atoms with Crippen LogP contribution in [-0.2, 0) is 9.59 Å². The van der Waals surface area contributed by atoms with Crippen LogP contribution in [0.4, 0.5) is 0 Å². The Morgan fingerprint density at radius 3 is 1.67 bits per heavy atom. The molecule has 2 aliphatic heterocycles. The summed E-state index contributed by atoms with van der Waals surface area (Å²) in [5.41, 5.74) is 0. The first-order chi connectivity index (χ1) is 22.3. The minimum atomic E-state index is 0.183. The molecule has 0 aromatic heterocycles. The van der Waals surface area contributed by atoms with Crippen molar-refractivity contribution in [2.45, 2.75) is 83.2 Å². The molecule has 2 aromatic carbocycles. The third-order valence-electron chi connectivity index (χ3n) is 9.03. The minimum Gasteiger partial charge on any atom is -0.493 e. The van der Waals surface area contributed by atoms with E-state index in [9.17, 15) is 9.59 Å². The molecule has 2 heterocycles. The van der Waals surface area contributed by atoms with Gasteiger partial charge >= 0.3 is 0 Å². The molecule has 0 radical (unpaired) electrons. The van der Waals surface area contributed by atoms with Gasteiger partial charge in [0, 0.05) is 91.6 Å². The number of amides is 2. The normalized spacial score (nSPS) is 16.0. The number of halogens is 2. The van der Waals surface area contributed by atoms with Crippen molar-refractivity contribution in [3.05, 3.63) is 58.6 Å². The summed E-state index contributed by atoms with van der Waals surface area (Å²) >= 11 is 13.5. The van der Waals surface area contributed by atoms with E-state index in [-0.39, 0.29) is 11.8 Å². The molecule has 0 spiro atoms. The standard InChI is InChI=1S/C18H27ClN2O2.C18H27ClN2OS/c1-3-16(4-2)20-10-12-21(13-11-20)18(22)9-14-23-17-7-5-15(19)6-8-17;1-3-16(4-2)20-9-11-21(12-10-20)18(22)8-13-23-17-7-5-6-15(19)14-17/h5-8,16H,3-4,9-14H2,1-2H3;5-7,14,16H,3-4,8-13H2,1-2H3. The van der Waals surface area contributed by atoms with Crippen LogP contribution in [0.15, 0.2) is 53.4 Å². The number of benzene rings is 2. The van der Waals surface area contributed by atoms with Gasteiger partial charge in [0.15, 0.2) is 0 Å². The summed E-state index contributed by atoms with van der Waals surface area (Å²) in [7, 11) is 0. The van der Waals surface area contributed by atoms with Gasteiger partial charge in [0.25, 0.3) is 0 Å². The van der Waals surface area contributed by atoms with Crippen LogP contribution in [0, 0.1) is 0 Å². The lowest BCUT2D eigenvalue weighted by molar-refractivity contribution is -0.134. The van der Waals surface area contributed by atoms with Crippen LogP contribution in [0.3, 0.4) is 0 Å². The summed E-state index contributed by atoms with van der Waals surface area (Å²) in [4.78, 5) is 34.8. The molecular weight excluding hydrogens is 639 g/mol. The largest absolute Gasteiger partial charge is 0.493 e. The summed E-state index contributed by atoms with van der Waals surface area (Å²) in [6.45, 7) is 16.8. The van der Waals surface area contributed by atoms with Crippen LogP contribution in [-0.4, -0.2) is 108 Å². The Kier molecular flexibility index (Phi) is 17.6. The van der Waals surface area contributed by atoms with Gasteiger partial charge < -0.3 is 14.5 Å². The number of rotatable bonds is 14. The monoisotopic (exact) mass is 692 g/mol.